The van der Waals surface area contributed by atoms with Gasteiger partial charge >= 0.3 is 0 Å². The standard InChI is InChI=1S/C12H12N2O/c1-14-12(15)10-7-9(10)11(13-14)8-5-3-2-4-6-8/h2-6,9-10H,7H2,1H3. The molecule has 0 N–H and O–H groups in total. The van der Waals surface area contributed by atoms with E-state index in [0.717, 1.165) is 17.7 Å². The Hall–Kier alpha value is -1.64. The van der Waals surface area contributed by atoms with Crippen molar-refractivity contribution in [2.45, 2.75) is 6.42 Å². The van der Waals surface area contributed by atoms with Gasteiger partial charge in [-0.1, -0.05) is 30.3 Å². The number of fused-ring (bicyclic) bond motifs is 1. The van der Waals surface area contributed by atoms with E-state index < -0.39 is 0 Å². The molecule has 1 amide bonds. The average Bonchev–Trinajstić information content (AvgIpc) is 3.05. The van der Waals surface area contributed by atoms with Crippen molar-refractivity contribution in [3.05, 3.63) is 35.9 Å². The summed E-state index contributed by atoms with van der Waals surface area (Å²) in [5.74, 6) is 0.735. The van der Waals surface area contributed by atoms with Crippen LogP contribution >= 0.6 is 0 Å². The molecule has 1 heterocycles. The number of hydrazone groups is 1. The highest BCUT2D eigenvalue weighted by molar-refractivity contribution is 6.09. The minimum absolute atomic E-state index is 0.166. The lowest BCUT2D eigenvalue weighted by Crippen LogP contribution is -2.30. The van der Waals surface area contributed by atoms with Gasteiger partial charge in [0.15, 0.2) is 0 Å². The molecule has 2 unspecified atom stereocenters. The molecule has 0 radical (unpaired) electrons. The first-order valence-electron chi connectivity index (χ1n) is 5.19. The van der Waals surface area contributed by atoms with E-state index in [4.69, 9.17) is 0 Å². The van der Waals surface area contributed by atoms with Crippen molar-refractivity contribution < 1.29 is 4.79 Å². The molecule has 76 valence electrons. The van der Waals surface area contributed by atoms with E-state index in [1.807, 2.05) is 18.2 Å². The minimum atomic E-state index is 0.166. The number of hydrogen-bond donors (Lipinski definition) is 0. The summed E-state index contributed by atoms with van der Waals surface area (Å²) in [5, 5.41) is 5.84. The van der Waals surface area contributed by atoms with E-state index in [1.165, 1.54) is 5.01 Å². The summed E-state index contributed by atoms with van der Waals surface area (Å²) in [6.07, 6.45) is 0.969. The third-order valence-electron chi connectivity index (χ3n) is 3.11. The van der Waals surface area contributed by atoms with Gasteiger partial charge in [0.2, 0.25) is 5.91 Å². The lowest BCUT2D eigenvalue weighted by atomic mass is 10.0. The number of rotatable bonds is 1. The quantitative estimate of drug-likeness (QED) is 0.676. The van der Waals surface area contributed by atoms with Crippen molar-refractivity contribution in [2.75, 3.05) is 7.05 Å². The lowest BCUT2D eigenvalue weighted by molar-refractivity contribution is -0.131. The van der Waals surface area contributed by atoms with E-state index in [0.29, 0.717) is 5.92 Å². The van der Waals surface area contributed by atoms with Gasteiger partial charge in [-0.25, -0.2) is 5.01 Å². The zero-order valence-corrected chi connectivity index (χ0v) is 8.55. The fraction of sp³-hybridized carbons (Fsp3) is 0.333. The van der Waals surface area contributed by atoms with E-state index in [1.54, 1.807) is 7.05 Å². The molecular formula is C12H12N2O. The van der Waals surface area contributed by atoms with Crippen molar-refractivity contribution in [1.82, 2.24) is 5.01 Å². The third-order valence-corrected chi connectivity index (χ3v) is 3.11. The SMILES string of the molecule is CN1N=C(c2ccccc2)C2CC2C1=O. The Morgan fingerprint density at radius 2 is 2.00 bits per heavy atom. The second-order valence-corrected chi connectivity index (χ2v) is 4.16. The fourth-order valence-corrected chi connectivity index (χ4v) is 2.18. The van der Waals surface area contributed by atoms with E-state index in [-0.39, 0.29) is 11.8 Å². The van der Waals surface area contributed by atoms with Gasteiger partial charge in [0.1, 0.15) is 0 Å². The molecule has 2 atom stereocenters. The molecule has 0 saturated heterocycles. The van der Waals surface area contributed by atoms with Gasteiger partial charge in [-0.3, -0.25) is 4.79 Å². The van der Waals surface area contributed by atoms with Crippen LogP contribution in [0.5, 0.6) is 0 Å². The maximum Gasteiger partial charge on any atom is 0.246 e. The van der Waals surface area contributed by atoms with Crippen LogP contribution in [0.2, 0.25) is 0 Å². The zero-order valence-electron chi connectivity index (χ0n) is 8.55. The van der Waals surface area contributed by atoms with Crippen molar-refractivity contribution in [1.29, 1.82) is 0 Å². The maximum atomic E-state index is 11.6. The second-order valence-electron chi connectivity index (χ2n) is 4.16. The highest BCUT2D eigenvalue weighted by Crippen LogP contribution is 2.45. The van der Waals surface area contributed by atoms with E-state index >= 15 is 0 Å². The van der Waals surface area contributed by atoms with Gasteiger partial charge in [0.25, 0.3) is 0 Å². The number of benzene rings is 1. The Morgan fingerprint density at radius 1 is 1.27 bits per heavy atom. The van der Waals surface area contributed by atoms with Crippen LogP contribution in [0.4, 0.5) is 0 Å². The van der Waals surface area contributed by atoms with Crippen LogP contribution in [-0.2, 0) is 4.79 Å². The first-order chi connectivity index (χ1) is 7.27. The molecule has 0 spiro atoms. The maximum absolute atomic E-state index is 11.6. The van der Waals surface area contributed by atoms with Crippen molar-refractivity contribution in [3.63, 3.8) is 0 Å². The Morgan fingerprint density at radius 3 is 2.73 bits per heavy atom. The molecule has 0 bridgehead atoms. The van der Waals surface area contributed by atoms with Crippen LogP contribution in [-0.4, -0.2) is 23.7 Å². The first kappa shape index (κ1) is 8.65. The van der Waals surface area contributed by atoms with E-state index in [2.05, 4.69) is 17.2 Å². The monoisotopic (exact) mass is 200 g/mol. The lowest BCUT2D eigenvalue weighted by Gasteiger charge is -2.18. The Bertz CT molecular complexity index is 438. The summed E-state index contributed by atoms with van der Waals surface area (Å²) in [7, 11) is 1.74. The van der Waals surface area contributed by atoms with Gasteiger partial charge in [-0.15, -0.1) is 0 Å². The highest BCUT2D eigenvalue weighted by atomic mass is 16.2. The molecule has 1 saturated carbocycles. The summed E-state index contributed by atoms with van der Waals surface area (Å²) < 4.78 is 0. The summed E-state index contributed by atoms with van der Waals surface area (Å²) in [6.45, 7) is 0. The zero-order chi connectivity index (χ0) is 10.4. The van der Waals surface area contributed by atoms with E-state index in [9.17, 15) is 4.79 Å². The summed E-state index contributed by atoms with van der Waals surface area (Å²) >= 11 is 0. The average molecular weight is 200 g/mol. The number of hydrogen-bond acceptors (Lipinski definition) is 2. The molecule has 1 aliphatic carbocycles. The molecule has 3 heteroatoms. The largest absolute Gasteiger partial charge is 0.273 e. The Kier molecular flexibility index (Phi) is 1.69. The molecule has 3 nitrogen and oxygen atoms in total. The van der Waals surface area contributed by atoms with Gasteiger partial charge in [0.05, 0.1) is 5.71 Å². The van der Waals surface area contributed by atoms with Crippen molar-refractivity contribution in [3.8, 4) is 0 Å². The number of carbonyl (C=O) groups excluding carboxylic acids is 1. The molecular weight excluding hydrogens is 188 g/mol. The molecule has 1 fully saturated rings. The van der Waals surface area contributed by atoms with Crippen molar-refractivity contribution >= 4 is 11.6 Å². The van der Waals surface area contributed by atoms with Crippen LogP contribution in [0.1, 0.15) is 12.0 Å². The fourth-order valence-electron chi connectivity index (χ4n) is 2.18. The van der Waals surface area contributed by atoms with Crippen LogP contribution < -0.4 is 0 Å². The predicted octanol–water partition coefficient (Wildman–Crippen LogP) is 1.50. The Labute approximate surface area is 88.4 Å². The van der Waals surface area contributed by atoms with Gasteiger partial charge in [-0.05, 0) is 12.0 Å². The summed E-state index contributed by atoms with van der Waals surface area (Å²) in [5.41, 5.74) is 2.21. The van der Waals surface area contributed by atoms with Crippen LogP contribution in [0.3, 0.4) is 0 Å². The number of nitrogens with zero attached hydrogens (tertiary/aromatic N) is 2. The molecule has 3 rings (SSSR count). The molecule has 15 heavy (non-hydrogen) atoms. The molecule has 2 aliphatic rings. The Balaban J connectivity index is 2.01. The predicted molar refractivity (Wildman–Crippen MR) is 57.3 cm³/mol. The normalized spacial score (nSPS) is 28.5. The topological polar surface area (TPSA) is 32.7 Å². The molecule has 1 aromatic carbocycles. The molecule has 0 aromatic heterocycles. The smallest absolute Gasteiger partial charge is 0.246 e. The third kappa shape index (κ3) is 1.27. The van der Waals surface area contributed by atoms with Crippen LogP contribution in [0.25, 0.3) is 0 Å². The minimum Gasteiger partial charge on any atom is -0.273 e. The van der Waals surface area contributed by atoms with Gasteiger partial charge < -0.3 is 0 Å². The van der Waals surface area contributed by atoms with Gasteiger partial charge in [0, 0.05) is 18.9 Å². The van der Waals surface area contributed by atoms with Crippen molar-refractivity contribution in [2.24, 2.45) is 16.9 Å². The molecule has 1 aliphatic heterocycles. The number of amides is 1. The summed E-state index contributed by atoms with van der Waals surface area (Å²) in [4.78, 5) is 11.6. The number of carbonyl (C=O) groups is 1. The second kappa shape index (κ2) is 2.92. The van der Waals surface area contributed by atoms with Gasteiger partial charge in [-0.2, -0.15) is 5.10 Å². The first-order valence-corrected chi connectivity index (χ1v) is 5.19. The molecule has 1 aromatic rings. The summed E-state index contributed by atoms with van der Waals surface area (Å²) in [6, 6.07) is 10.1. The van der Waals surface area contributed by atoms with Crippen LogP contribution in [0.15, 0.2) is 35.4 Å². The van der Waals surface area contributed by atoms with Crippen LogP contribution in [0, 0.1) is 11.8 Å². The highest BCUT2D eigenvalue weighted by Gasteiger charge is 2.50.